The summed E-state index contributed by atoms with van der Waals surface area (Å²) < 4.78 is 13.0. The molecule has 0 saturated carbocycles. The van der Waals surface area contributed by atoms with Crippen LogP contribution in [-0.4, -0.2) is 32.0 Å². The molecule has 0 bridgehead atoms. The fourth-order valence-corrected chi connectivity index (χ4v) is 6.12. The molecule has 1 fully saturated rings. The predicted octanol–water partition coefficient (Wildman–Crippen LogP) is 3.74. The van der Waals surface area contributed by atoms with Crippen LogP contribution in [0.2, 0.25) is 5.02 Å². The van der Waals surface area contributed by atoms with Gasteiger partial charge in [0.25, 0.3) is 5.91 Å². The standard InChI is InChI=1S/C24H25ClN2O3S/c1-3-4-13-21(15-20-12-8-9-14-22(20)25)27(26-18(2)28)23(29)16-24(27)31(30)17-19-10-6-5-7-11-19/h1,5-12,14,21,24H,4,13,15-17H2,2H3/p+1. The third-order valence-corrected chi connectivity index (χ3v) is 7.72. The van der Waals surface area contributed by atoms with Gasteiger partial charge in [0.05, 0.1) is 16.6 Å². The molecule has 4 atom stereocenters. The lowest BCUT2D eigenvalue weighted by atomic mass is 9.95. The highest BCUT2D eigenvalue weighted by atomic mass is 35.5. The van der Waals surface area contributed by atoms with Crippen LogP contribution in [0.3, 0.4) is 0 Å². The van der Waals surface area contributed by atoms with Crippen LogP contribution in [0.15, 0.2) is 54.6 Å². The van der Waals surface area contributed by atoms with E-state index in [0.717, 1.165) is 11.1 Å². The summed E-state index contributed by atoms with van der Waals surface area (Å²) in [7, 11) is -1.37. The molecule has 0 spiro atoms. The number of quaternary nitrogens is 1. The molecule has 1 heterocycles. The molecule has 0 aliphatic carbocycles. The SMILES string of the molecule is C#CCCC(Cc1ccccc1Cl)[N+]1(NC(C)=O)C(=O)CC1S(=O)Cc1ccccc1. The number of hydrogen-bond acceptors (Lipinski definition) is 3. The van der Waals surface area contributed by atoms with Crippen LogP contribution in [0, 0.1) is 12.3 Å². The Hall–Kier alpha value is -2.46. The number of terminal acetylenes is 1. The molecule has 4 unspecified atom stereocenters. The molecule has 2 aromatic rings. The second kappa shape index (κ2) is 10.2. The summed E-state index contributed by atoms with van der Waals surface area (Å²) in [4.78, 5) is 25.3. The number of hydrogen-bond donors (Lipinski definition) is 1. The number of benzene rings is 2. The van der Waals surface area contributed by atoms with Crippen molar-refractivity contribution in [2.45, 2.75) is 49.8 Å². The van der Waals surface area contributed by atoms with Gasteiger partial charge in [-0.25, -0.2) is 4.79 Å². The van der Waals surface area contributed by atoms with Gasteiger partial charge < -0.3 is 0 Å². The first-order valence-corrected chi connectivity index (χ1v) is 11.9. The summed E-state index contributed by atoms with van der Waals surface area (Å²) in [6, 6.07) is 16.5. The lowest BCUT2D eigenvalue weighted by molar-refractivity contribution is -0.947. The summed E-state index contributed by atoms with van der Waals surface area (Å²) in [6.07, 6.45) is 7.03. The van der Waals surface area contributed by atoms with E-state index in [4.69, 9.17) is 18.0 Å². The van der Waals surface area contributed by atoms with Crippen LogP contribution in [0.25, 0.3) is 0 Å². The Kier molecular flexibility index (Phi) is 7.66. The van der Waals surface area contributed by atoms with Crippen molar-refractivity contribution >= 4 is 34.2 Å². The van der Waals surface area contributed by atoms with Crippen molar-refractivity contribution in [3.05, 3.63) is 70.7 Å². The quantitative estimate of drug-likeness (QED) is 0.354. The molecule has 0 radical (unpaired) electrons. The number of rotatable bonds is 9. The molecule has 31 heavy (non-hydrogen) atoms. The summed E-state index contributed by atoms with van der Waals surface area (Å²) in [6.45, 7) is 1.37. The molecule has 5 nitrogen and oxygen atoms in total. The minimum absolute atomic E-state index is 0.148. The van der Waals surface area contributed by atoms with Gasteiger partial charge in [-0.1, -0.05) is 60.1 Å². The summed E-state index contributed by atoms with van der Waals surface area (Å²) in [5, 5.41) is 0.0472. The fourth-order valence-electron chi connectivity index (χ4n) is 4.15. The predicted molar refractivity (Wildman–Crippen MR) is 123 cm³/mol. The number of β-lactam (4-membered cyclic amide) rings is 1. The van der Waals surface area contributed by atoms with Gasteiger partial charge in [0.1, 0.15) is 12.5 Å². The number of amides is 2. The smallest absolute Gasteiger partial charge is 0.270 e. The van der Waals surface area contributed by atoms with E-state index in [1.807, 2.05) is 48.5 Å². The van der Waals surface area contributed by atoms with Crippen LogP contribution in [0.5, 0.6) is 0 Å². The van der Waals surface area contributed by atoms with Crippen molar-refractivity contribution in [2.24, 2.45) is 0 Å². The van der Waals surface area contributed by atoms with Crippen molar-refractivity contribution in [1.29, 1.82) is 0 Å². The third-order valence-electron chi connectivity index (χ3n) is 5.63. The largest absolute Gasteiger partial charge is 0.346 e. The number of halogens is 1. The monoisotopic (exact) mass is 457 g/mol. The van der Waals surface area contributed by atoms with Gasteiger partial charge in [-0.2, -0.15) is 5.43 Å². The number of nitrogens with one attached hydrogen (secondary N) is 1. The molecule has 162 valence electrons. The summed E-state index contributed by atoms with van der Waals surface area (Å²) in [5.74, 6) is 2.44. The minimum Gasteiger partial charge on any atom is -0.270 e. The molecule has 7 heteroatoms. The van der Waals surface area contributed by atoms with Gasteiger partial charge in [0, 0.05) is 31.2 Å². The first kappa shape index (κ1) is 23.2. The van der Waals surface area contributed by atoms with E-state index in [0.29, 0.717) is 30.0 Å². The van der Waals surface area contributed by atoms with Crippen LogP contribution in [0.4, 0.5) is 0 Å². The molecule has 1 aliphatic heterocycles. The Morgan fingerprint density at radius 2 is 1.94 bits per heavy atom. The van der Waals surface area contributed by atoms with E-state index in [1.54, 1.807) is 6.07 Å². The zero-order valence-corrected chi connectivity index (χ0v) is 19.0. The number of nitrogens with zero attached hydrogens (tertiary/aromatic N) is 1. The second-order valence-corrected chi connectivity index (χ2v) is 9.70. The molecular formula is C24H26ClN2O3S+. The maximum Gasteiger partial charge on any atom is 0.346 e. The highest BCUT2D eigenvalue weighted by Gasteiger charge is 2.63. The van der Waals surface area contributed by atoms with Crippen molar-refractivity contribution < 1.29 is 18.4 Å². The van der Waals surface area contributed by atoms with E-state index in [2.05, 4.69) is 11.3 Å². The van der Waals surface area contributed by atoms with Crippen molar-refractivity contribution in [2.75, 3.05) is 0 Å². The molecule has 1 aliphatic rings. The Morgan fingerprint density at radius 3 is 2.55 bits per heavy atom. The zero-order valence-electron chi connectivity index (χ0n) is 17.4. The third kappa shape index (κ3) is 5.07. The van der Waals surface area contributed by atoms with Crippen LogP contribution >= 0.6 is 11.6 Å². The fraction of sp³-hybridized carbons (Fsp3) is 0.333. The lowest BCUT2D eigenvalue weighted by Gasteiger charge is -2.51. The van der Waals surface area contributed by atoms with Crippen LogP contribution in [-0.2, 0) is 32.6 Å². The molecular weight excluding hydrogens is 432 g/mol. The van der Waals surface area contributed by atoms with Crippen molar-refractivity contribution in [1.82, 2.24) is 5.43 Å². The van der Waals surface area contributed by atoms with Gasteiger partial charge in [-0.3, -0.25) is 9.00 Å². The number of carbonyl (C=O) groups excluding carboxylic acids is 2. The van der Waals surface area contributed by atoms with E-state index in [9.17, 15) is 13.8 Å². The summed E-state index contributed by atoms with van der Waals surface area (Å²) in [5.41, 5.74) is 4.64. The molecule has 2 amide bonds. The molecule has 1 N–H and O–H groups in total. The average Bonchev–Trinajstić information content (AvgIpc) is 2.75. The normalized spacial score (nSPS) is 22.1. The first-order chi connectivity index (χ1) is 14.9. The Balaban J connectivity index is 1.97. The van der Waals surface area contributed by atoms with E-state index in [1.165, 1.54) is 6.92 Å². The molecule has 2 aromatic carbocycles. The van der Waals surface area contributed by atoms with Gasteiger partial charge in [0.15, 0.2) is 0 Å². The zero-order chi connectivity index (χ0) is 22.4. The minimum atomic E-state index is -1.37. The highest BCUT2D eigenvalue weighted by molar-refractivity contribution is 7.84. The molecule has 0 aromatic heterocycles. The van der Waals surface area contributed by atoms with Crippen LogP contribution in [0.1, 0.15) is 37.3 Å². The van der Waals surface area contributed by atoms with Crippen molar-refractivity contribution in [3.63, 3.8) is 0 Å². The maximum atomic E-state index is 13.4. The van der Waals surface area contributed by atoms with Gasteiger partial charge in [-0.15, -0.1) is 16.9 Å². The number of carbonyl (C=O) groups is 2. The second-order valence-electron chi connectivity index (χ2n) is 7.70. The van der Waals surface area contributed by atoms with E-state index >= 15 is 0 Å². The maximum absolute atomic E-state index is 13.4. The van der Waals surface area contributed by atoms with E-state index < -0.39 is 16.2 Å². The highest BCUT2D eigenvalue weighted by Crippen LogP contribution is 2.38. The Bertz CT molecular complexity index is 1020. The molecule has 1 saturated heterocycles. The average molecular weight is 458 g/mol. The van der Waals surface area contributed by atoms with Crippen molar-refractivity contribution in [3.8, 4) is 12.3 Å². The Morgan fingerprint density at radius 1 is 1.26 bits per heavy atom. The van der Waals surface area contributed by atoms with Gasteiger partial charge in [-0.05, 0) is 17.2 Å². The Labute approximate surface area is 190 Å². The topological polar surface area (TPSA) is 63.2 Å². The number of likely N-dealkylation sites (tertiary alicyclic amines) is 1. The van der Waals surface area contributed by atoms with Crippen LogP contribution < -0.4 is 5.43 Å². The van der Waals surface area contributed by atoms with E-state index in [-0.39, 0.29) is 28.9 Å². The lowest BCUT2D eigenvalue weighted by Crippen LogP contribution is -2.81. The van der Waals surface area contributed by atoms with Gasteiger partial charge in [0.2, 0.25) is 5.37 Å². The first-order valence-electron chi connectivity index (χ1n) is 10.2. The van der Waals surface area contributed by atoms with Gasteiger partial charge >= 0.3 is 5.91 Å². The molecule has 3 rings (SSSR count). The summed E-state index contributed by atoms with van der Waals surface area (Å²) >= 11 is 6.38.